The van der Waals surface area contributed by atoms with E-state index >= 15 is 0 Å². The van der Waals surface area contributed by atoms with Crippen molar-refractivity contribution in [3.8, 4) is 0 Å². The highest BCUT2D eigenvalue weighted by molar-refractivity contribution is 8.00. The highest BCUT2D eigenvalue weighted by Gasteiger charge is 2.58. The number of carbonyl (C=O) groups excluding carboxylic acids is 3. The van der Waals surface area contributed by atoms with E-state index in [1.54, 1.807) is 0 Å². The number of hydrogen-bond acceptors (Lipinski definition) is 11. The third kappa shape index (κ3) is 4.05. The number of nitrogens with two attached hydrogens (primary N) is 1. The topological polar surface area (TPSA) is 174 Å². The highest BCUT2D eigenvalue weighted by atomic mass is 32.2. The second kappa shape index (κ2) is 8.47. The normalized spacial score (nSPS) is 25.7. The van der Waals surface area contributed by atoms with Crippen LogP contribution < -0.4 is 11.1 Å². The van der Waals surface area contributed by atoms with E-state index in [-0.39, 0.29) is 35.4 Å². The lowest BCUT2D eigenvalue weighted by molar-refractivity contribution is -0.164. The molecule has 0 spiro atoms. The molecular formula is C16H19N5O7S2. The minimum Gasteiger partial charge on any atom is -0.481 e. The average molecular weight is 457 g/mol. The Balaban J connectivity index is 1.69. The van der Waals surface area contributed by atoms with Crippen LogP contribution in [-0.2, 0) is 28.8 Å². The molecule has 3 rings (SSSR count). The number of ether oxygens (including phenoxy) is 1. The van der Waals surface area contributed by atoms with E-state index in [0.717, 1.165) is 11.3 Å². The number of aromatic nitrogens is 1. The number of carbonyl (C=O) groups is 4. The van der Waals surface area contributed by atoms with E-state index in [2.05, 4.69) is 15.5 Å². The molecule has 2 unspecified atom stereocenters. The number of esters is 1. The first kappa shape index (κ1) is 21.8. The van der Waals surface area contributed by atoms with Crippen LogP contribution in [0.25, 0.3) is 0 Å². The van der Waals surface area contributed by atoms with Gasteiger partial charge in [0.2, 0.25) is 5.91 Å². The third-order valence-corrected chi connectivity index (χ3v) is 6.86. The quantitative estimate of drug-likeness (QED) is 0.202. The van der Waals surface area contributed by atoms with Gasteiger partial charge in [-0.25, -0.2) is 4.98 Å². The smallest absolute Gasteiger partial charge is 0.315 e. The van der Waals surface area contributed by atoms with Crippen molar-refractivity contribution in [2.45, 2.75) is 18.3 Å². The zero-order valence-electron chi connectivity index (χ0n) is 16.0. The molecule has 1 aromatic heterocycles. The van der Waals surface area contributed by atoms with Gasteiger partial charge in [0.15, 0.2) is 10.8 Å². The Morgan fingerprint density at radius 2 is 2.23 bits per heavy atom. The highest BCUT2D eigenvalue weighted by Crippen LogP contribution is 2.42. The van der Waals surface area contributed by atoms with Gasteiger partial charge >= 0.3 is 11.9 Å². The van der Waals surface area contributed by atoms with Crippen molar-refractivity contribution in [2.24, 2.45) is 10.6 Å². The average Bonchev–Trinajstić information content (AvgIpc) is 3.13. The zero-order chi connectivity index (χ0) is 22.1. The predicted octanol–water partition coefficient (Wildman–Crippen LogP) is -0.890. The molecule has 0 saturated carbocycles. The molecule has 2 aliphatic rings. The molecule has 0 aromatic carbocycles. The van der Waals surface area contributed by atoms with Crippen LogP contribution in [0, 0.1) is 5.41 Å². The SMILES string of the molecule is CON=C(C(=O)NC1C(=O)N2CC(COC(C)=O)(C(=O)O)CS[C@H]12)c1csc(N)n1. The molecule has 2 saturated heterocycles. The van der Waals surface area contributed by atoms with Gasteiger partial charge in [-0.1, -0.05) is 5.16 Å². The fraction of sp³-hybridized carbons (Fsp3) is 0.500. The van der Waals surface area contributed by atoms with Crippen molar-refractivity contribution >= 4 is 57.7 Å². The van der Waals surface area contributed by atoms with Crippen molar-refractivity contribution in [1.29, 1.82) is 0 Å². The summed E-state index contributed by atoms with van der Waals surface area (Å²) in [6.07, 6.45) is 0. The number of anilines is 1. The van der Waals surface area contributed by atoms with E-state index in [1.807, 2.05) is 0 Å². The molecule has 2 fully saturated rings. The van der Waals surface area contributed by atoms with Gasteiger partial charge in [0.05, 0.1) is 0 Å². The molecule has 12 nitrogen and oxygen atoms in total. The number of carboxylic acid groups (broad SMARTS) is 1. The number of thioether (sulfide) groups is 1. The molecule has 1 aromatic rings. The number of aliphatic carboxylic acids is 1. The third-order valence-electron chi connectivity index (χ3n) is 4.60. The van der Waals surface area contributed by atoms with Crippen LogP contribution in [0.3, 0.4) is 0 Å². The summed E-state index contributed by atoms with van der Waals surface area (Å²) in [5.74, 6) is -2.77. The summed E-state index contributed by atoms with van der Waals surface area (Å²) in [5.41, 5.74) is 4.26. The van der Waals surface area contributed by atoms with E-state index in [1.165, 1.54) is 36.1 Å². The van der Waals surface area contributed by atoms with Gasteiger partial charge in [0, 0.05) is 24.6 Å². The Morgan fingerprint density at radius 3 is 2.80 bits per heavy atom. The fourth-order valence-electron chi connectivity index (χ4n) is 3.05. The van der Waals surface area contributed by atoms with Crippen molar-refractivity contribution < 1.29 is 33.9 Å². The van der Waals surface area contributed by atoms with Crippen LogP contribution in [0.5, 0.6) is 0 Å². The standard InChI is InChI=1S/C16H19N5O7S2/c1-7(22)28-5-16(14(25)26)4-21-12(24)10(13(21)30-6-16)19-11(23)9(20-27-2)8-3-29-15(17)18-8/h3,10,13H,4-6H2,1-2H3,(H2,17,18)(H,19,23)(H,25,26)/t10?,13-,16?/m1/s1. The number of amides is 2. The van der Waals surface area contributed by atoms with Gasteiger partial charge in [0.1, 0.15) is 36.2 Å². The van der Waals surface area contributed by atoms with Gasteiger partial charge in [-0.3, -0.25) is 19.2 Å². The van der Waals surface area contributed by atoms with Gasteiger partial charge in [-0.2, -0.15) is 0 Å². The van der Waals surface area contributed by atoms with E-state index in [4.69, 9.17) is 15.3 Å². The first-order valence-corrected chi connectivity index (χ1v) is 10.5. The lowest BCUT2D eigenvalue weighted by atomic mass is 9.88. The zero-order valence-corrected chi connectivity index (χ0v) is 17.6. The Morgan fingerprint density at radius 1 is 1.50 bits per heavy atom. The Labute approximate surface area is 178 Å². The Bertz CT molecular complexity index is 920. The summed E-state index contributed by atoms with van der Waals surface area (Å²) in [4.78, 5) is 58.2. The predicted molar refractivity (Wildman–Crippen MR) is 107 cm³/mol. The Hall–Kier alpha value is -2.87. The van der Waals surface area contributed by atoms with Crippen LogP contribution in [-0.4, -0.2) is 81.9 Å². The fourth-order valence-corrected chi connectivity index (χ4v) is 5.12. The number of nitrogen functional groups attached to an aromatic ring is 1. The molecule has 4 N–H and O–H groups in total. The summed E-state index contributed by atoms with van der Waals surface area (Å²) in [5, 5.41) is 17.2. The minimum absolute atomic E-state index is 0.109. The van der Waals surface area contributed by atoms with Crippen LogP contribution in [0.15, 0.2) is 10.5 Å². The van der Waals surface area contributed by atoms with Gasteiger partial charge in [0.25, 0.3) is 5.91 Å². The number of carboxylic acids is 1. The lowest BCUT2D eigenvalue weighted by Crippen LogP contribution is -2.74. The largest absolute Gasteiger partial charge is 0.481 e. The number of oxime groups is 1. The summed E-state index contributed by atoms with van der Waals surface area (Å²) in [6.45, 7) is 0.720. The second-order valence-electron chi connectivity index (χ2n) is 6.68. The number of fused-ring (bicyclic) bond motifs is 1. The maximum Gasteiger partial charge on any atom is 0.315 e. The molecular weight excluding hydrogens is 438 g/mol. The van der Waals surface area contributed by atoms with Gasteiger partial charge < -0.3 is 30.6 Å². The number of nitrogens with zero attached hydrogens (tertiary/aromatic N) is 3. The summed E-state index contributed by atoms with van der Waals surface area (Å²) < 4.78 is 4.90. The van der Waals surface area contributed by atoms with Crippen LogP contribution in [0.4, 0.5) is 5.13 Å². The summed E-state index contributed by atoms with van der Waals surface area (Å²) in [6, 6.07) is -0.860. The van der Waals surface area contributed by atoms with Crippen molar-refractivity contribution in [3.05, 3.63) is 11.1 Å². The van der Waals surface area contributed by atoms with Gasteiger partial charge in [-0.15, -0.1) is 23.1 Å². The second-order valence-corrected chi connectivity index (χ2v) is 8.67. The molecule has 0 bridgehead atoms. The summed E-state index contributed by atoms with van der Waals surface area (Å²) >= 11 is 2.31. The van der Waals surface area contributed by atoms with E-state index < -0.39 is 40.6 Å². The first-order valence-electron chi connectivity index (χ1n) is 8.61. The number of thiazole rings is 1. The summed E-state index contributed by atoms with van der Waals surface area (Å²) in [7, 11) is 1.27. The minimum atomic E-state index is -1.40. The van der Waals surface area contributed by atoms with Crippen molar-refractivity contribution in [3.63, 3.8) is 0 Å². The number of nitrogens with one attached hydrogen (secondary N) is 1. The monoisotopic (exact) mass is 457 g/mol. The molecule has 0 radical (unpaired) electrons. The van der Waals surface area contributed by atoms with Crippen molar-refractivity contribution in [2.75, 3.05) is 31.7 Å². The maximum absolute atomic E-state index is 12.6. The number of β-lactam (4-membered cyclic amide) rings is 1. The molecule has 0 aliphatic carbocycles. The molecule has 3 atom stereocenters. The van der Waals surface area contributed by atoms with Crippen LogP contribution >= 0.6 is 23.1 Å². The molecule has 162 valence electrons. The number of rotatable bonds is 7. The Kier molecular flexibility index (Phi) is 6.17. The molecule has 2 amide bonds. The van der Waals surface area contributed by atoms with Crippen LogP contribution in [0.1, 0.15) is 12.6 Å². The van der Waals surface area contributed by atoms with Gasteiger partial charge in [-0.05, 0) is 0 Å². The van der Waals surface area contributed by atoms with E-state index in [0.29, 0.717) is 0 Å². The molecule has 2 aliphatic heterocycles. The maximum atomic E-state index is 12.6. The first-order chi connectivity index (χ1) is 14.2. The van der Waals surface area contributed by atoms with E-state index in [9.17, 15) is 24.3 Å². The molecule has 3 heterocycles. The van der Waals surface area contributed by atoms with Crippen LogP contribution in [0.2, 0.25) is 0 Å². The molecule has 14 heteroatoms. The number of hydrogen-bond donors (Lipinski definition) is 3. The van der Waals surface area contributed by atoms with Crippen molar-refractivity contribution in [1.82, 2.24) is 15.2 Å². The molecule has 30 heavy (non-hydrogen) atoms. The lowest BCUT2D eigenvalue weighted by Gasteiger charge is -2.53.